The molecule has 0 bridgehead atoms. The van der Waals surface area contributed by atoms with Crippen LogP contribution in [0.15, 0.2) is 30.7 Å². The molecule has 0 aliphatic carbocycles. The first-order chi connectivity index (χ1) is 12.2. The number of fused-ring (bicyclic) bond motifs is 1. The van der Waals surface area contributed by atoms with E-state index in [-0.39, 0.29) is 5.97 Å². The third-order valence-electron chi connectivity index (χ3n) is 4.61. The molecule has 2 aromatic heterocycles. The molecule has 3 heterocycles. The largest absolute Gasteiger partial charge is 0.462 e. The summed E-state index contributed by atoms with van der Waals surface area (Å²) in [6.07, 6.45) is 5.85. The SMILES string of the molecule is CCOC(=O)c1ccc2nc(N3CCC(c4cnc[nH]4)CC3)sc2c1. The molecule has 6 nitrogen and oxygen atoms in total. The minimum absolute atomic E-state index is 0.278. The zero-order valence-electron chi connectivity index (χ0n) is 14.1. The molecular weight excluding hydrogens is 336 g/mol. The quantitative estimate of drug-likeness (QED) is 0.724. The minimum atomic E-state index is -0.278. The molecule has 1 N–H and O–H groups in total. The van der Waals surface area contributed by atoms with Crippen LogP contribution in [0.3, 0.4) is 0 Å². The lowest BCUT2D eigenvalue weighted by atomic mass is 9.94. The van der Waals surface area contributed by atoms with E-state index in [1.54, 1.807) is 23.7 Å². The summed E-state index contributed by atoms with van der Waals surface area (Å²) < 4.78 is 6.10. The van der Waals surface area contributed by atoms with Gasteiger partial charge in [0.15, 0.2) is 5.13 Å². The van der Waals surface area contributed by atoms with Gasteiger partial charge in [-0.2, -0.15) is 0 Å². The lowest BCUT2D eigenvalue weighted by molar-refractivity contribution is 0.0526. The van der Waals surface area contributed by atoms with Crippen LogP contribution >= 0.6 is 11.3 Å². The van der Waals surface area contributed by atoms with Crippen LogP contribution < -0.4 is 4.90 Å². The summed E-state index contributed by atoms with van der Waals surface area (Å²) in [5.41, 5.74) is 2.74. The molecule has 1 aliphatic heterocycles. The molecular formula is C18H20N4O2S. The Kier molecular flexibility index (Phi) is 4.40. The highest BCUT2D eigenvalue weighted by molar-refractivity contribution is 7.22. The lowest BCUT2D eigenvalue weighted by Crippen LogP contribution is -2.32. The number of H-pyrrole nitrogens is 1. The van der Waals surface area contributed by atoms with Crippen molar-refractivity contribution in [1.82, 2.24) is 15.0 Å². The Morgan fingerprint density at radius 3 is 2.96 bits per heavy atom. The van der Waals surface area contributed by atoms with Crippen LogP contribution in [0.25, 0.3) is 10.2 Å². The fourth-order valence-electron chi connectivity index (χ4n) is 3.26. The second kappa shape index (κ2) is 6.84. The van der Waals surface area contributed by atoms with Crippen LogP contribution in [-0.4, -0.2) is 40.6 Å². The van der Waals surface area contributed by atoms with E-state index in [0.29, 0.717) is 18.1 Å². The number of anilines is 1. The Balaban J connectivity index is 1.49. The fraction of sp³-hybridized carbons (Fsp3) is 0.389. The summed E-state index contributed by atoms with van der Waals surface area (Å²) in [7, 11) is 0. The van der Waals surface area contributed by atoms with Crippen LogP contribution in [0.1, 0.15) is 41.7 Å². The lowest BCUT2D eigenvalue weighted by Gasteiger charge is -2.31. The van der Waals surface area contributed by atoms with Crippen LogP contribution in [0.2, 0.25) is 0 Å². The molecule has 1 saturated heterocycles. The molecule has 0 amide bonds. The monoisotopic (exact) mass is 356 g/mol. The highest BCUT2D eigenvalue weighted by Crippen LogP contribution is 2.34. The van der Waals surface area contributed by atoms with Gasteiger partial charge < -0.3 is 14.6 Å². The first kappa shape index (κ1) is 16.1. The number of piperidine rings is 1. The van der Waals surface area contributed by atoms with Crippen molar-refractivity contribution in [2.75, 3.05) is 24.6 Å². The van der Waals surface area contributed by atoms with Gasteiger partial charge in [-0.3, -0.25) is 0 Å². The molecule has 3 aromatic rings. The normalized spacial score (nSPS) is 15.6. The molecule has 0 radical (unpaired) electrons. The molecule has 0 saturated carbocycles. The number of aromatic nitrogens is 3. The van der Waals surface area contributed by atoms with Gasteiger partial charge in [0.2, 0.25) is 0 Å². The first-order valence-corrected chi connectivity index (χ1v) is 9.37. The Morgan fingerprint density at radius 2 is 2.24 bits per heavy atom. The number of carbonyl (C=O) groups excluding carboxylic acids is 1. The van der Waals surface area contributed by atoms with Crippen molar-refractivity contribution in [2.45, 2.75) is 25.7 Å². The van der Waals surface area contributed by atoms with E-state index < -0.39 is 0 Å². The maximum atomic E-state index is 11.9. The molecule has 25 heavy (non-hydrogen) atoms. The van der Waals surface area contributed by atoms with Crippen molar-refractivity contribution in [1.29, 1.82) is 0 Å². The maximum Gasteiger partial charge on any atom is 0.338 e. The number of esters is 1. The zero-order chi connectivity index (χ0) is 17.2. The number of benzene rings is 1. The van der Waals surface area contributed by atoms with Crippen molar-refractivity contribution in [3.8, 4) is 0 Å². The fourth-order valence-corrected chi connectivity index (χ4v) is 4.32. The summed E-state index contributed by atoms with van der Waals surface area (Å²) in [5.74, 6) is 0.267. The highest BCUT2D eigenvalue weighted by Gasteiger charge is 2.23. The molecule has 0 unspecified atom stereocenters. The number of ether oxygens (including phenoxy) is 1. The van der Waals surface area contributed by atoms with E-state index in [4.69, 9.17) is 9.72 Å². The average Bonchev–Trinajstić information content (AvgIpc) is 3.31. The predicted octanol–water partition coefficient (Wildman–Crippen LogP) is 3.58. The van der Waals surface area contributed by atoms with Crippen LogP contribution in [0.4, 0.5) is 5.13 Å². The van der Waals surface area contributed by atoms with Gasteiger partial charge in [0.1, 0.15) is 0 Å². The van der Waals surface area contributed by atoms with E-state index in [1.165, 1.54) is 5.69 Å². The van der Waals surface area contributed by atoms with Crippen molar-refractivity contribution in [3.05, 3.63) is 42.0 Å². The van der Waals surface area contributed by atoms with E-state index in [1.807, 2.05) is 25.3 Å². The van der Waals surface area contributed by atoms with Crippen molar-refractivity contribution in [2.24, 2.45) is 0 Å². The van der Waals surface area contributed by atoms with Gasteiger partial charge in [-0.15, -0.1) is 0 Å². The van der Waals surface area contributed by atoms with Gasteiger partial charge >= 0.3 is 5.97 Å². The van der Waals surface area contributed by atoms with Crippen LogP contribution in [-0.2, 0) is 4.74 Å². The average molecular weight is 356 g/mol. The van der Waals surface area contributed by atoms with Gasteiger partial charge in [0, 0.05) is 30.9 Å². The zero-order valence-corrected chi connectivity index (χ0v) is 14.9. The van der Waals surface area contributed by atoms with Gasteiger partial charge in [-0.1, -0.05) is 11.3 Å². The topological polar surface area (TPSA) is 71.1 Å². The van der Waals surface area contributed by atoms with E-state index in [0.717, 1.165) is 41.3 Å². The summed E-state index contributed by atoms with van der Waals surface area (Å²) in [6, 6.07) is 5.57. The Labute approximate surface area is 149 Å². The number of carbonyl (C=O) groups is 1. The molecule has 1 aliphatic rings. The number of aromatic amines is 1. The minimum Gasteiger partial charge on any atom is -0.462 e. The summed E-state index contributed by atoms with van der Waals surface area (Å²) in [5, 5.41) is 1.03. The summed E-state index contributed by atoms with van der Waals surface area (Å²) in [6.45, 7) is 4.16. The molecule has 130 valence electrons. The number of nitrogens with one attached hydrogen (secondary N) is 1. The summed E-state index contributed by atoms with van der Waals surface area (Å²) in [4.78, 5) is 26.3. The number of imidazole rings is 1. The predicted molar refractivity (Wildman–Crippen MR) is 98.4 cm³/mol. The first-order valence-electron chi connectivity index (χ1n) is 8.55. The van der Waals surface area contributed by atoms with Gasteiger partial charge in [-0.25, -0.2) is 14.8 Å². The Bertz CT molecular complexity index is 866. The van der Waals surface area contributed by atoms with Crippen molar-refractivity contribution in [3.63, 3.8) is 0 Å². The van der Waals surface area contributed by atoms with E-state index in [9.17, 15) is 4.79 Å². The Hall–Kier alpha value is -2.41. The number of nitrogens with zero attached hydrogens (tertiary/aromatic N) is 3. The summed E-state index contributed by atoms with van der Waals surface area (Å²) >= 11 is 1.64. The van der Waals surface area contributed by atoms with Gasteiger partial charge in [0.25, 0.3) is 0 Å². The smallest absolute Gasteiger partial charge is 0.338 e. The molecule has 1 fully saturated rings. The number of thiazole rings is 1. The molecule has 0 spiro atoms. The maximum absolute atomic E-state index is 11.9. The van der Waals surface area contributed by atoms with E-state index >= 15 is 0 Å². The third kappa shape index (κ3) is 3.24. The van der Waals surface area contributed by atoms with Crippen molar-refractivity contribution >= 4 is 32.7 Å². The molecule has 4 rings (SSSR count). The van der Waals surface area contributed by atoms with Crippen molar-refractivity contribution < 1.29 is 9.53 Å². The van der Waals surface area contributed by atoms with Gasteiger partial charge in [-0.05, 0) is 38.0 Å². The van der Waals surface area contributed by atoms with Crippen LogP contribution in [0, 0.1) is 0 Å². The third-order valence-corrected chi connectivity index (χ3v) is 5.69. The van der Waals surface area contributed by atoms with Gasteiger partial charge in [0.05, 0.1) is 28.7 Å². The standard InChI is InChI=1S/C18H20N4O2S/c1-2-24-17(23)13-3-4-14-16(9-13)25-18(21-14)22-7-5-12(6-8-22)15-10-19-11-20-15/h3-4,9-12H,2,5-8H2,1H3,(H,19,20). The molecule has 1 aromatic carbocycles. The van der Waals surface area contributed by atoms with Crippen LogP contribution in [0.5, 0.6) is 0 Å². The Morgan fingerprint density at radius 1 is 1.40 bits per heavy atom. The molecule has 0 atom stereocenters. The van der Waals surface area contributed by atoms with E-state index in [2.05, 4.69) is 14.9 Å². The molecule has 7 heteroatoms. The second-order valence-corrected chi connectivity index (χ2v) is 7.18. The second-order valence-electron chi connectivity index (χ2n) is 6.17. The number of hydrogen-bond acceptors (Lipinski definition) is 6. The number of hydrogen-bond donors (Lipinski definition) is 1. The highest BCUT2D eigenvalue weighted by atomic mass is 32.1. The number of rotatable bonds is 4.